The maximum absolute atomic E-state index is 12.9. The maximum atomic E-state index is 12.9. The smallest absolute Gasteiger partial charge is 0.235 e. The first-order valence-corrected chi connectivity index (χ1v) is 14.7. The summed E-state index contributed by atoms with van der Waals surface area (Å²) in [6.07, 6.45) is 4.60. The summed E-state index contributed by atoms with van der Waals surface area (Å²) in [5, 5.41) is 23.4. The van der Waals surface area contributed by atoms with Crippen LogP contribution in [0.5, 0.6) is 5.75 Å². The fraction of sp³-hybridized carbons (Fsp3) is 0.407. The van der Waals surface area contributed by atoms with Crippen LogP contribution in [0.4, 0.5) is 5.00 Å². The van der Waals surface area contributed by atoms with Gasteiger partial charge in [-0.05, 0) is 54.4 Å². The minimum absolute atomic E-state index is 0.122. The quantitative estimate of drug-likeness (QED) is 0.210. The highest BCUT2D eigenvalue weighted by atomic mass is 35.5. The predicted octanol–water partition coefficient (Wildman–Crippen LogP) is 7.16. The summed E-state index contributed by atoms with van der Waals surface area (Å²) in [5.74, 6) is 1.54. The fourth-order valence-electron chi connectivity index (χ4n) is 4.40. The van der Waals surface area contributed by atoms with Crippen LogP contribution >= 0.6 is 46.3 Å². The SMILES string of the molecule is C=CCn1c(COc2ccc(Cl)cc2Cl)nnc1SCC(=O)Nc1sc2c(c1C#N)CCC(C(C)(C)C)C2. The largest absolute Gasteiger partial charge is 0.484 e. The molecule has 2 aromatic heterocycles. The van der Waals surface area contributed by atoms with E-state index in [0.717, 1.165) is 24.8 Å². The number of halogens is 2. The van der Waals surface area contributed by atoms with Crippen LogP contribution in [-0.2, 0) is 30.8 Å². The summed E-state index contributed by atoms with van der Waals surface area (Å²) in [5.41, 5.74) is 1.91. The third-order valence-corrected chi connectivity index (χ3v) is 9.21. The Morgan fingerprint density at radius 3 is 2.87 bits per heavy atom. The number of hydrogen-bond donors (Lipinski definition) is 1. The second-order valence-electron chi connectivity index (χ2n) is 10.1. The van der Waals surface area contributed by atoms with E-state index in [0.29, 0.717) is 49.8 Å². The van der Waals surface area contributed by atoms with Crippen molar-refractivity contribution in [2.45, 2.75) is 58.3 Å². The monoisotopic (exact) mass is 589 g/mol. The Morgan fingerprint density at radius 1 is 1.39 bits per heavy atom. The van der Waals surface area contributed by atoms with Gasteiger partial charge in [-0.25, -0.2) is 0 Å². The molecule has 38 heavy (non-hydrogen) atoms. The van der Waals surface area contributed by atoms with Crippen molar-refractivity contribution >= 4 is 57.2 Å². The highest BCUT2D eigenvalue weighted by Crippen LogP contribution is 2.44. The van der Waals surface area contributed by atoms with Gasteiger partial charge in [0.2, 0.25) is 5.91 Å². The fourth-order valence-corrected chi connectivity index (χ4v) is 6.93. The molecule has 200 valence electrons. The van der Waals surface area contributed by atoms with E-state index in [1.807, 2.05) is 4.57 Å². The lowest BCUT2D eigenvalue weighted by molar-refractivity contribution is -0.113. The molecule has 0 bridgehead atoms. The molecular formula is C27H29Cl2N5O2S2. The Labute approximate surface area is 241 Å². The van der Waals surface area contributed by atoms with Crippen molar-refractivity contribution < 1.29 is 9.53 Å². The number of thioether (sulfide) groups is 1. The lowest BCUT2D eigenvalue weighted by Crippen LogP contribution is -2.26. The van der Waals surface area contributed by atoms with E-state index < -0.39 is 0 Å². The van der Waals surface area contributed by atoms with Crippen molar-refractivity contribution in [1.82, 2.24) is 14.8 Å². The van der Waals surface area contributed by atoms with Gasteiger partial charge in [-0.15, -0.1) is 28.1 Å². The van der Waals surface area contributed by atoms with Gasteiger partial charge in [-0.3, -0.25) is 9.36 Å². The van der Waals surface area contributed by atoms with Crippen LogP contribution < -0.4 is 10.1 Å². The Hall–Kier alpha value is -2.51. The van der Waals surface area contributed by atoms with Crippen molar-refractivity contribution in [2.75, 3.05) is 11.1 Å². The van der Waals surface area contributed by atoms with Crippen molar-refractivity contribution in [3.8, 4) is 11.8 Å². The van der Waals surface area contributed by atoms with Crippen LogP contribution in [0.25, 0.3) is 0 Å². The minimum Gasteiger partial charge on any atom is -0.484 e. The molecule has 4 rings (SSSR count). The zero-order chi connectivity index (χ0) is 27.4. The van der Waals surface area contributed by atoms with Crippen molar-refractivity contribution in [1.29, 1.82) is 5.26 Å². The molecule has 1 aromatic carbocycles. The molecular weight excluding hydrogens is 561 g/mol. The van der Waals surface area contributed by atoms with Crippen molar-refractivity contribution in [2.24, 2.45) is 11.3 Å². The van der Waals surface area contributed by atoms with Crippen LogP contribution in [0.15, 0.2) is 36.0 Å². The third kappa shape index (κ3) is 6.55. The molecule has 3 aromatic rings. The molecule has 2 heterocycles. The van der Waals surface area contributed by atoms with Gasteiger partial charge in [-0.2, -0.15) is 5.26 Å². The van der Waals surface area contributed by atoms with E-state index >= 15 is 0 Å². The number of nitriles is 1. The van der Waals surface area contributed by atoms with Gasteiger partial charge in [0.15, 0.2) is 11.0 Å². The minimum atomic E-state index is -0.198. The van der Waals surface area contributed by atoms with E-state index in [2.05, 4.69) is 48.9 Å². The van der Waals surface area contributed by atoms with E-state index in [-0.39, 0.29) is 23.7 Å². The predicted molar refractivity (Wildman–Crippen MR) is 154 cm³/mol. The molecule has 1 amide bonds. The highest BCUT2D eigenvalue weighted by molar-refractivity contribution is 7.99. The number of carbonyl (C=O) groups excluding carboxylic acids is 1. The Kier molecular flexibility index (Phi) is 9.09. The highest BCUT2D eigenvalue weighted by Gasteiger charge is 2.32. The molecule has 0 aliphatic heterocycles. The number of nitrogens with zero attached hydrogens (tertiary/aromatic N) is 4. The zero-order valence-electron chi connectivity index (χ0n) is 21.5. The van der Waals surface area contributed by atoms with Crippen LogP contribution in [-0.4, -0.2) is 26.4 Å². The lowest BCUT2D eigenvalue weighted by Gasteiger charge is -2.33. The van der Waals surface area contributed by atoms with Gasteiger partial charge >= 0.3 is 0 Å². The Bertz CT molecular complexity index is 1390. The Balaban J connectivity index is 1.41. The number of rotatable bonds is 9. The van der Waals surface area contributed by atoms with Crippen LogP contribution in [0, 0.1) is 22.7 Å². The molecule has 0 radical (unpaired) electrons. The number of ether oxygens (including phenoxy) is 1. The number of hydrogen-bond acceptors (Lipinski definition) is 7. The molecule has 7 nitrogen and oxygen atoms in total. The average Bonchev–Trinajstić information content (AvgIpc) is 3.41. The van der Waals surface area contributed by atoms with Gasteiger partial charge in [0.25, 0.3) is 0 Å². The number of anilines is 1. The maximum Gasteiger partial charge on any atom is 0.235 e. The van der Waals surface area contributed by atoms with E-state index in [1.165, 1.54) is 28.0 Å². The lowest BCUT2D eigenvalue weighted by atomic mass is 9.72. The molecule has 0 spiro atoms. The molecule has 1 N–H and O–H groups in total. The Morgan fingerprint density at radius 2 is 2.18 bits per heavy atom. The topological polar surface area (TPSA) is 92.8 Å². The first-order chi connectivity index (χ1) is 18.1. The molecule has 0 fully saturated rings. The van der Waals surface area contributed by atoms with Crippen LogP contribution in [0.2, 0.25) is 10.0 Å². The number of nitrogens with one attached hydrogen (secondary N) is 1. The van der Waals surface area contributed by atoms with Gasteiger partial charge < -0.3 is 10.1 Å². The molecule has 1 unspecified atom stereocenters. The van der Waals surface area contributed by atoms with Crippen LogP contribution in [0.3, 0.4) is 0 Å². The normalized spacial score (nSPS) is 15.0. The first kappa shape index (κ1) is 28.5. The summed E-state index contributed by atoms with van der Waals surface area (Å²) in [6.45, 7) is 11.2. The van der Waals surface area contributed by atoms with E-state index in [9.17, 15) is 10.1 Å². The molecule has 0 saturated heterocycles. The van der Waals surface area contributed by atoms with Gasteiger partial charge in [0.1, 0.15) is 23.4 Å². The van der Waals surface area contributed by atoms with E-state index in [1.54, 1.807) is 24.3 Å². The van der Waals surface area contributed by atoms with Crippen molar-refractivity contribution in [3.63, 3.8) is 0 Å². The second-order valence-corrected chi connectivity index (χ2v) is 13.0. The number of allylic oxidation sites excluding steroid dienone is 1. The number of carbonyl (C=O) groups is 1. The molecule has 11 heteroatoms. The third-order valence-electron chi connectivity index (χ3n) is 6.54. The van der Waals surface area contributed by atoms with Crippen LogP contribution in [0.1, 0.15) is 49.0 Å². The molecule has 1 atom stereocenters. The number of amides is 1. The molecule has 0 saturated carbocycles. The van der Waals surface area contributed by atoms with E-state index in [4.69, 9.17) is 27.9 Å². The summed E-state index contributed by atoms with van der Waals surface area (Å²) in [7, 11) is 0. The first-order valence-electron chi connectivity index (χ1n) is 12.2. The summed E-state index contributed by atoms with van der Waals surface area (Å²) < 4.78 is 7.65. The number of fused-ring (bicyclic) bond motifs is 1. The number of aromatic nitrogens is 3. The number of thiophene rings is 1. The van der Waals surface area contributed by atoms with Crippen molar-refractivity contribution in [3.05, 3.63) is 62.7 Å². The summed E-state index contributed by atoms with van der Waals surface area (Å²) >= 11 is 14.9. The summed E-state index contributed by atoms with van der Waals surface area (Å²) in [4.78, 5) is 14.1. The standard InChI is InChI=1S/C27H29Cl2N5O2S2/c1-5-10-34-23(14-36-21-9-7-17(28)12-20(21)29)32-33-26(34)37-15-24(35)31-25-19(13-30)18-8-6-16(27(2,3)4)11-22(18)38-25/h5,7,9,12,16H,1,6,8,10-11,14-15H2,2-4H3,(H,31,35). The average molecular weight is 591 g/mol. The molecule has 1 aliphatic carbocycles. The molecule has 1 aliphatic rings. The van der Waals surface area contributed by atoms with Gasteiger partial charge in [0.05, 0.1) is 16.3 Å². The number of benzene rings is 1. The second kappa shape index (κ2) is 12.1. The summed E-state index contributed by atoms with van der Waals surface area (Å²) in [6, 6.07) is 7.32. The van der Waals surface area contributed by atoms with Gasteiger partial charge in [-0.1, -0.05) is 61.8 Å². The zero-order valence-corrected chi connectivity index (χ0v) is 24.7. The van der Waals surface area contributed by atoms with Gasteiger partial charge in [0, 0.05) is 16.4 Å².